The highest BCUT2D eigenvalue weighted by Crippen LogP contribution is 2.60. The van der Waals surface area contributed by atoms with Crippen LogP contribution >= 0.6 is 0 Å². The zero-order valence-corrected chi connectivity index (χ0v) is 19.6. The van der Waals surface area contributed by atoms with Gasteiger partial charge in [-0.3, -0.25) is 0 Å². The standard InChI is InChI=1S/C26H22F6O4/c1-4-34-17-8-6-15-16-7-9-18(36-23(33)14-10-12-24(3,13-11-14)35-5-2)22(28)20(16)26(31,32)25(29,30)19(15)21(17)27/h6-12H,4-5,13H2,1-3H3. The molecule has 0 amide bonds. The van der Waals surface area contributed by atoms with Crippen molar-refractivity contribution in [2.75, 3.05) is 13.2 Å². The van der Waals surface area contributed by atoms with Crippen LogP contribution in [-0.4, -0.2) is 24.8 Å². The molecule has 0 radical (unpaired) electrons. The number of fused-ring (bicyclic) bond motifs is 3. The van der Waals surface area contributed by atoms with Crippen molar-refractivity contribution in [3.8, 4) is 22.6 Å². The lowest BCUT2D eigenvalue weighted by Gasteiger charge is -2.35. The van der Waals surface area contributed by atoms with Crippen LogP contribution in [0.4, 0.5) is 26.3 Å². The average Bonchev–Trinajstić information content (AvgIpc) is 2.80. The Bertz CT molecular complexity index is 1280. The smallest absolute Gasteiger partial charge is 0.343 e. The number of hydrogen-bond acceptors (Lipinski definition) is 4. The second-order valence-electron chi connectivity index (χ2n) is 8.51. The van der Waals surface area contributed by atoms with Gasteiger partial charge in [-0.15, -0.1) is 0 Å². The van der Waals surface area contributed by atoms with E-state index in [1.807, 2.05) is 0 Å². The highest BCUT2D eigenvalue weighted by Gasteiger charge is 2.65. The third kappa shape index (κ3) is 3.97. The van der Waals surface area contributed by atoms with E-state index in [9.17, 15) is 18.0 Å². The molecule has 0 aliphatic heterocycles. The number of alkyl halides is 4. The fourth-order valence-corrected chi connectivity index (χ4v) is 4.30. The first kappa shape index (κ1) is 25.8. The fourth-order valence-electron chi connectivity index (χ4n) is 4.30. The molecule has 1 unspecified atom stereocenters. The molecule has 0 saturated heterocycles. The first-order valence-corrected chi connectivity index (χ1v) is 11.2. The van der Waals surface area contributed by atoms with Gasteiger partial charge in [-0.2, -0.15) is 17.6 Å². The summed E-state index contributed by atoms with van der Waals surface area (Å²) in [6.07, 6.45) is 4.76. The molecule has 4 nitrogen and oxygen atoms in total. The molecule has 0 saturated carbocycles. The summed E-state index contributed by atoms with van der Waals surface area (Å²) < 4.78 is 106. The summed E-state index contributed by atoms with van der Waals surface area (Å²) >= 11 is 0. The average molecular weight is 512 g/mol. The lowest BCUT2D eigenvalue weighted by atomic mass is 9.79. The Morgan fingerprint density at radius 3 is 1.94 bits per heavy atom. The molecule has 0 aromatic heterocycles. The van der Waals surface area contributed by atoms with Crippen molar-refractivity contribution < 1.29 is 45.3 Å². The monoisotopic (exact) mass is 512 g/mol. The van der Waals surface area contributed by atoms with Gasteiger partial charge >= 0.3 is 17.8 Å². The molecule has 0 spiro atoms. The van der Waals surface area contributed by atoms with Crippen LogP contribution in [0.5, 0.6) is 11.5 Å². The summed E-state index contributed by atoms with van der Waals surface area (Å²) in [7, 11) is 0. The van der Waals surface area contributed by atoms with E-state index in [2.05, 4.69) is 0 Å². The number of halogens is 6. The Balaban J connectivity index is 1.74. The number of hydrogen-bond donors (Lipinski definition) is 0. The molecule has 10 heteroatoms. The second-order valence-corrected chi connectivity index (χ2v) is 8.51. The van der Waals surface area contributed by atoms with Crippen molar-refractivity contribution in [1.82, 2.24) is 0 Å². The zero-order chi connectivity index (χ0) is 26.5. The molecule has 0 fully saturated rings. The summed E-state index contributed by atoms with van der Waals surface area (Å²) in [4.78, 5) is 12.5. The summed E-state index contributed by atoms with van der Waals surface area (Å²) in [5.74, 6) is -16.4. The predicted octanol–water partition coefficient (Wildman–Crippen LogP) is 6.81. The van der Waals surface area contributed by atoms with E-state index in [1.54, 1.807) is 19.9 Å². The van der Waals surface area contributed by atoms with Crippen LogP contribution in [0.3, 0.4) is 0 Å². The van der Waals surface area contributed by atoms with Crippen LogP contribution in [0, 0.1) is 11.6 Å². The third-order valence-electron chi connectivity index (χ3n) is 6.08. The molecule has 0 N–H and O–H groups in total. The number of esters is 1. The fraction of sp³-hybridized carbons (Fsp3) is 0.346. The van der Waals surface area contributed by atoms with E-state index in [4.69, 9.17) is 14.2 Å². The van der Waals surface area contributed by atoms with Gasteiger partial charge in [0.2, 0.25) is 0 Å². The molecule has 2 aliphatic rings. The van der Waals surface area contributed by atoms with E-state index in [0.29, 0.717) is 13.0 Å². The number of benzene rings is 2. The Labute approximate surface area is 203 Å². The summed E-state index contributed by atoms with van der Waals surface area (Å²) in [5.41, 5.74) is -5.20. The Morgan fingerprint density at radius 2 is 1.44 bits per heavy atom. The van der Waals surface area contributed by atoms with Crippen molar-refractivity contribution in [2.24, 2.45) is 0 Å². The minimum absolute atomic E-state index is 0.0114. The maximum absolute atomic E-state index is 15.3. The topological polar surface area (TPSA) is 44.8 Å². The van der Waals surface area contributed by atoms with E-state index in [1.165, 1.54) is 19.1 Å². The van der Waals surface area contributed by atoms with E-state index >= 15 is 13.2 Å². The van der Waals surface area contributed by atoms with Crippen LogP contribution in [0.15, 0.2) is 48.1 Å². The van der Waals surface area contributed by atoms with Crippen LogP contribution in [0.2, 0.25) is 0 Å². The van der Waals surface area contributed by atoms with Crippen LogP contribution in [-0.2, 0) is 21.4 Å². The van der Waals surface area contributed by atoms with Crippen molar-refractivity contribution in [1.29, 1.82) is 0 Å². The van der Waals surface area contributed by atoms with Gasteiger partial charge in [0.25, 0.3) is 0 Å². The van der Waals surface area contributed by atoms with Gasteiger partial charge in [-0.05, 0) is 68.7 Å². The molecular formula is C26H22F6O4. The molecule has 192 valence electrons. The number of rotatable bonds is 6. The van der Waals surface area contributed by atoms with Crippen LogP contribution in [0.25, 0.3) is 11.1 Å². The van der Waals surface area contributed by atoms with Crippen molar-refractivity contribution in [2.45, 2.75) is 44.6 Å². The quantitative estimate of drug-likeness (QED) is 0.242. The minimum atomic E-state index is -5.16. The van der Waals surface area contributed by atoms with Crippen molar-refractivity contribution in [3.05, 3.63) is 70.8 Å². The summed E-state index contributed by atoms with van der Waals surface area (Å²) in [6, 6.07) is 3.72. The lowest BCUT2D eigenvalue weighted by molar-refractivity contribution is -0.228. The summed E-state index contributed by atoms with van der Waals surface area (Å²) in [5, 5.41) is 0. The van der Waals surface area contributed by atoms with Gasteiger partial charge < -0.3 is 14.2 Å². The first-order valence-electron chi connectivity index (χ1n) is 11.2. The van der Waals surface area contributed by atoms with E-state index in [0.717, 1.165) is 24.3 Å². The first-order chi connectivity index (χ1) is 16.9. The Morgan fingerprint density at radius 1 is 0.889 bits per heavy atom. The number of carbonyl (C=O) groups excluding carboxylic acids is 1. The van der Waals surface area contributed by atoms with Gasteiger partial charge in [-0.25, -0.2) is 13.6 Å². The van der Waals surface area contributed by atoms with Gasteiger partial charge in [0, 0.05) is 6.61 Å². The van der Waals surface area contributed by atoms with Gasteiger partial charge in [0.15, 0.2) is 23.1 Å². The number of ether oxygens (including phenoxy) is 3. The molecule has 2 aromatic carbocycles. The van der Waals surface area contributed by atoms with E-state index in [-0.39, 0.29) is 12.2 Å². The largest absolute Gasteiger partial charge is 0.491 e. The zero-order valence-electron chi connectivity index (χ0n) is 19.6. The summed E-state index contributed by atoms with van der Waals surface area (Å²) in [6.45, 7) is 5.39. The predicted molar refractivity (Wildman–Crippen MR) is 118 cm³/mol. The maximum atomic E-state index is 15.3. The van der Waals surface area contributed by atoms with Gasteiger partial charge in [0.1, 0.15) is 0 Å². The molecule has 2 aliphatic carbocycles. The van der Waals surface area contributed by atoms with Crippen LogP contribution in [0.1, 0.15) is 38.3 Å². The molecule has 0 bridgehead atoms. The van der Waals surface area contributed by atoms with E-state index < -0.39 is 68.8 Å². The SMILES string of the molecule is CCOc1ccc2c(c1F)C(F)(F)C(F)(F)c1c-2ccc(OC(=O)C2=CCC(C)(OCC)C=C2)c1F. The van der Waals surface area contributed by atoms with Crippen molar-refractivity contribution in [3.63, 3.8) is 0 Å². The second kappa shape index (κ2) is 8.99. The molecule has 4 rings (SSSR count). The highest BCUT2D eigenvalue weighted by molar-refractivity contribution is 5.93. The minimum Gasteiger partial charge on any atom is -0.491 e. The van der Waals surface area contributed by atoms with Gasteiger partial charge in [0.05, 0.1) is 28.9 Å². The lowest BCUT2D eigenvalue weighted by Crippen LogP contribution is -2.41. The highest BCUT2D eigenvalue weighted by atomic mass is 19.3. The van der Waals surface area contributed by atoms with Crippen molar-refractivity contribution >= 4 is 5.97 Å². The molecular weight excluding hydrogens is 490 g/mol. The third-order valence-corrected chi connectivity index (χ3v) is 6.08. The molecule has 1 atom stereocenters. The normalized spacial score (nSPS) is 21.3. The van der Waals surface area contributed by atoms with Crippen LogP contribution < -0.4 is 9.47 Å². The Kier molecular flexibility index (Phi) is 6.45. The maximum Gasteiger partial charge on any atom is 0.343 e. The number of carbonyl (C=O) groups is 1. The molecule has 2 aromatic rings. The van der Waals surface area contributed by atoms with Gasteiger partial charge in [-0.1, -0.05) is 12.2 Å². The Hall–Kier alpha value is -3.27. The molecule has 0 heterocycles. The molecule has 36 heavy (non-hydrogen) atoms.